The molecule has 0 amide bonds. The van der Waals surface area contributed by atoms with E-state index in [0.29, 0.717) is 6.42 Å². The van der Waals surface area contributed by atoms with Crippen LogP contribution < -0.4 is 5.63 Å². The molecule has 0 saturated carbocycles. The van der Waals surface area contributed by atoms with Crippen molar-refractivity contribution in [2.45, 2.75) is 43.2 Å². The zero-order chi connectivity index (χ0) is 29.7. The second kappa shape index (κ2) is 10.3. The first-order valence-corrected chi connectivity index (χ1v) is 19.0. The Morgan fingerprint density at radius 3 is 1.68 bits per heavy atom. The van der Waals surface area contributed by atoms with Crippen LogP contribution in [-0.4, -0.2) is 3.21 Å². The van der Waals surface area contributed by atoms with Crippen molar-refractivity contribution in [3.8, 4) is 11.5 Å². The van der Waals surface area contributed by atoms with Crippen molar-refractivity contribution in [3.05, 3.63) is 122 Å². The van der Waals surface area contributed by atoms with Gasteiger partial charge in [0.1, 0.15) is 0 Å². The van der Waals surface area contributed by atoms with Crippen molar-refractivity contribution in [2.24, 2.45) is 0 Å². The SMILES string of the molecule is CC1=[C]([Zr]([O]c2ccc(C(F)(F)F)cc2)([O]c2ccc(C(F)(F)F)cc2)(=[C](C)C)[CH]2C=Cc3ccccc32)CC=C1. The van der Waals surface area contributed by atoms with Crippen LogP contribution in [0.15, 0.2) is 99.9 Å². The molecule has 0 N–H and O–H groups in total. The molecule has 0 bridgehead atoms. The fourth-order valence-corrected chi connectivity index (χ4v) is 21.7. The Bertz CT molecular complexity index is 1570. The number of alkyl halides is 6. The molecule has 2 aliphatic carbocycles. The second-order valence-corrected chi connectivity index (χ2v) is 22.7. The number of hydrogen-bond acceptors (Lipinski definition) is 2. The van der Waals surface area contributed by atoms with Gasteiger partial charge in [0.15, 0.2) is 0 Å². The van der Waals surface area contributed by atoms with Crippen LogP contribution in [0.25, 0.3) is 6.08 Å². The maximum absolute atomic E-state index is 13.4. The van der Waals surface area contributed by atoms with Crippen molar-refractivity contribution in [3.63, 3.8) is 0 Å². The molecule has 0 heterocycles. The molecule has 2 aliphatic rings. The number of allylic oxidation sites excluding steroid dienone is 5. The summed E-state index contributed by atoms with van der Waals surface area (Å²) in [5, 5.41) is 0. The topological polar surface area (TPSA) is 18.5 Å². The molecule has 0 radical (unpaired) electrons. The number of halogens is 6. The van der Waals surface area contributed by atoms with Crippen molar-refractivity contribution in [2.75, 3.05) is 0 Å². The Kier molecular flexibility index (Phi) is 7.34. The summed E-state index contributed by atoms with van der Waals surface area (Å²) in [6.45, 7) is 5.73. The maximum atomic E-state index is 13.4. The fourth-order valence-electron chi connectivity index (χ4n) is 6.06. The molecule has 0 aliphatic heterocycles. The van der Waals surface area contributed by atoms with E-state index in [9.17, 15) is 26.3 Å². The first kappa shape index (κ1) is 29.3. The summed E-state index contributed by atoms with van der Waals surface area (Å²) >= 11 is -5.76. The second-order valence-electron chi connectivity index (χ2n) is 10.6. The van der Waals surface area contributed by atoms with Gasteiger partial charge in [0.2, 0.25) is 0 Å². The summed E-state index contributed by atoms with van der Waals surface area (Å²) in [7, 11) is 0. The normalized spacial score (nSPS) is 17.2. The van der Waals surface area contributed by atoms with Gasteiger partial charge >= 0.3 is 237 Å². The van der Waals surface area contributed by atoms with Gasteiger partial charge in [-0.2, -0.15) is 0 Å². The molecule has 0 spiro atoms. The van der Waals surface area contributed by atoms with Crippen LogP contribution in [0.1, 0.15) is 53.1 Å². The van der Waals surface area contributed by atoms with Crippen molar-refractivity contribution >= 4 is 9.28 Å². The van der Waals surface area contributed by atoms with E-state index in [0.717, 1.165) is 47.5 Å². The van der Waals surface area contributed by atoms with E-state index in [4.69, 9.17) is 5.63 Å². The van der Waals surface area contributed by atoms with Crippen LogP contribution in [0.5, 0.6) is 11.5 Å². The number of hydrogen-bond donors (Lipinski definition) is 0. The first-order chi connectivity index (χ1) is 19.2. The average molecular weight is 650 g/mol. The van der Waals surface area contributed by atoms with E-state index in [1.807, 2.05) is 69.3 Å². The van der Waals surface area contributed by atoms with E-state index >= 15 is 0 Å². The molecular formula is C32H28F6O2Zr. The number of benzene rings is 3. The van der Waals surface area contributed by atoms with Gasteiger partial charge in [-0.3, -0.25) is 0 Å². The van der Waals surface area contributed by atoms with Gasteiger partial charge in [0.05, 0.1) is 0 Å². The van der Waals surface area contributed by atoms with Gasteiger partial charge in [-0.15, -0.1) is 0 Å². The van der Waals surface area contributed by atoms with Gasteiger partial charge in [-0.05, 0) is 0 Å². The van der Waals surface area contributed by atoms with Crippen molar-refractivity contribution in [1.82, 2.24) is 0 Å². The molecule has 5 rings (SSSR count). The molecular weight excluding hydrogens is 622 g/mol. The van der Waals surface area contributed by atoms with Crippen molar-refractivity contribution < 1.29 is 51.1 Å². The zero-order valence-corrected chi connectivity index (χ0v) is 25.1. The summed E-state index contributed by atoms with van der Waals surface area (Å²) in [5.41, 5.74) is 1.17. The van der Waals surface area contributed by atoms with Gasteiger partial charge in [0, 0.05) is 0 Å². The summed E-state index contributed by atoms with van der Waals surface area (Å²) in [5.74, 6) is 0.392. The van der Waals surface area contributed by atoms with Crippen LogP contribution in [0.2, 0.25) is 0 Å². The molecule has 1 atom stereocenters. The minimum absolute atomic E-state index is 0.196. The zero-order valence-electron chi connectivity index (χ0n) is 22.6. The van der Waals surface area contributed by atoms with E-state index in [2.05, 4.69) is 0 Å². The predicted molar refractivity (Wildman–Crippen MR) is 145 cm³/mol. The molecule has 3 aromatic rings. The first-order valence-electron chi connectivity index (χ1n) is 13.1. The monoisotopic (exact) mass is 648 g/mol. The quantitative estimate of drug-likeness (QED) is 0.248. The Hall–Kier alpha value is -3.19. The summed E-state index contributed by atoms with van der Waals surface area (Å²) in [4.78, 5) is 0. The molecule has 214 valence electrons. The molecule has 1 unspecified atom stereocenters. The predicted octanol–water partition coefficient (Wildman–Crippen LogP) is 9.92. The Morgan fingerprint density at radius 2 is 1.24 bits per heavy atom. The molecule has 0 aromatic heterocycles. The molecule has 3 aromatic carbocycles. The Balaban J connectivity index is 1.81. The van der Waals surface area contributed by atoms with Crippen molar-refractivity contribution in [1.29, 1.82) is 0 Å². The Morgan fingerprint density at radius 1 is 0.732 bits per heavy atom. The van der Waals surface area contributed by atoms with E-state index in [1.54, 1.807) is 0 Å². The fraction of sp³-hybridized carbons (Fsp3) is 0.219. The average Bonchev–Trinajstić information content (AvgIpc) is 3.55. The van der Waals surface area contributed by atoms with Crippen LogP contribution in [-0.2, 0) is 31.5 Å². The van der Waals surface area contributed by atoms with E-state index in [-0.39, 0.29) is 11.5 Å². The van der Waals surface area contributed by atoms with Gasteiger partial charge in [-0.1, -0.05) is 0 Å². The van der Waals surface area contributed by atoms with Gasteiger partial charge in [0.25, 0.3) is 0 Å². The summed E-state index contributed by atoms with van der Waals surface area (Å²) in [6.07, 6.45) is -0.643. The summed E-state index contributed by atoms with van der Waals surface area (Å²) in [6, 6.07) is 16.8. The number of rotatable bonds is 6. The molecule has 2 nitrogen and oxygen atoms in total. The summed E-state index contributed by atoms with van der Waals surface area (Å²) < 4.78 is 96.0. The number of fused-ring (bicyclic) bond motifs is 1. The van der Waals surface area contributed by atoms with Crippen LogP contribution in [0.3, 0.4) is 0 Å². The third-order valence-electron chi connectivity index (χ3n) is 8.05. The third-order valence-corrected chi connectivity index (χ3v) is 24.2. The third kappa shape index (κ3) is 4.96. The van der Waals surface area contributed by atoms with Crippen LogP contribution >= 0.6 is 0 Å². The van der Waals surface area contributed by atoms with E-state index in [1.165, 1.54) is 24.3 Å². The van der Waals surface area contributed by atoms with Gasteiger partial charge in [-0.25, -0.2) is 0 Å². The van der Waals surface area contributed by atoms with E-state index < -0.39 is 46.3 Å². The standard InChI is InChI=1S/C9H7.2C7H5F3O.C6H7.C3H6.Zr/c1-2-5-9-7-3-6-8(9)4-1;2*8-7(9,10)5-1-3-6(11)4-2-5;1-6-4-2-3-5-6;1-3-2;/h1-7H;2*1-4,11H;2,4H,3H2,1H3;1-2H3;/q;;;;;+2/p-2. The molecule has 9 heteroatoms. The minimum atomic E-state index is -5.76. The van der Waals surface area contributed by atoms with Crippen LogP contribution in [0.4, 0.5) is 26.3 Å². The molecule has 0 fully saturated rings. The Labute approximate surface area is 236 Å². The van der Waals surface area contributed by atoms with Gasteiger partial charge < -0.3 is 0 Å². The van der Waals surface area contributed by atoms with Crippen LogP contribution in [0, 0.1) is 0 Å². The molecule has 41 heavy (non-hydrogen) atoms. The molecule has 0 saturated heterocycles.